The van der Waals surface area contributed by atoms with E-state index >= 15 is 0 Å². The normalized spacial score (nSPS) is 12.9. The molecule has 1 aromatic rings. The van der Waals surface area contributed by atoms with Crippen molar-refractivity contribution in [3.63, 3.8) is 0 Å². The van der Waals surface area contributed by atoms with Gasteiger partial charge in [-0.15, -0.1) is 0 Å². The van der Waals surface area contributed by atoms with Gasteiger partial charge in [-0.25, -0.2) is 0 Å². The van der Waals surface area contributed by atoms with Crippen LogP contribution in [-0.2, 0) is 6.54 Å². The van der Waals surface area contributed by atoms with Crippen molar-refractivity contribution in [2.45, 2.75) is 33.2 Å². The van der Waals surface area contributed by atoms with E-state index in [0.717, 1.165) is 24.3 Å². The average molecular weight is 298 g/mol. The second-order valence-electron chi connectivity index (χ2n) is 4.62. The highest BCUT2D eigenvalue weighted by Crippen LogP contribution is 2.13. The lowest BCUT2D eigenvalue weighted by Crippen LogP contribution is -2.29. The molecule has 0 aliphatic heterocycles. The molecule has 0 heterocycles. The highest BCUT2D eigenvalue weighted by atomic mass is 79.9. The standard InChI is InChI=1S/C15H24BrN/c1-3-8-15(11-16)13-17(4-2)12-14-9-6-5-7-10-14/h5-7,9-10,15H,3-4,8,11-13H2,1-2H3. The quantitative estimate of drug-likeness (QED) is 0.646. The van der Waals surface area contributed by atoms with E-state index in [9.17, 15) is 0 Å². The van der Waals surface area contributed by atoms with Gasteiger partial charge >= 0.3 is 0 Å². The average Bonchev–Trinajstić information content (AvgIpc) is 2.38. The second kappa shape index (κ2) is 8.71. The van der Waals surface area contributed by atoms with Crippen LogP contribution < -0.4 is 0 Å². The molecule has 1 atom stereocenters. The van der Waals surface area contributed by atoms with Crippen LogP contribution in [0.5, 0.6) is 0 Å². The Kier molecular flexibility index (Phi) is 7.54. The first-order chi connectivity index (χ1) is 8.30. The van der Waals surface area contributed by atoms with Crippen LogP contribution in [0.3, 0.4) is 0 Å². The Labute approximate surface area is 114 Å². The topological polar surface area (TPSA) is 3.24 Å². The van der Waals surface area contributed by atoms with E-state index in [1.54, 1.807) is 0 Å². The molecular weight excluding hydrogens is 274 g/mol. The third-order valence-electron chi connectivity index (χ3n) is 3.13. The summed E-state index contributed by atoms with van der Waals surface area (Å²) >= 11 is 3.63. The monoisotopic (exact) mass is 297 g/mol. The minimum absolute atomic E-state index is 0.781. The maximum Gasteiger partial charge on any atom is 0.0233 e. The number of hydrogen-bond acceptors (Lipinski definition) is 1. The van der Waals surface area contributed by atoms with Crippen molar-refractivity contribution in [2.24, 2.45) is 5.92 Å². The molecule has 0 aliphatic rings. The van der Waals surface area contributed by atoms with Gasteiger partial charge in [0.05, 0.1) is 0 Å². The lowest BCUT2D eigenvalue weighted by atomic mass is 10.1. The van der Waals surface area contributed by atoms with Gasteiger partial charge in [-0.2, -0.15) is 0 Å². The molecule has 17 heavy (non-hydrogen) atoms. The van der Waals surface area contributed by atoms with E-state index in [0.29, 0.717) is 0 Å². The first-order valence-electron chi connectivity index (χ1n) is 6.62. The van der Waals surface area contributed by atoms with Crippen LogP contribution in [-0.4, -0.2) is 23.3 Å². The molecule has 0 spiro atoms. The molecule has 0 aliphatic carbocycles. The molecular formula is C15H24BrN. The molecule has 0 aromatic heterocycles. The summed E-state index contributed by atoms with van der Waals surface area (Å²) in [6.45, 7) is 7.92. The number of alkyl halides is 1. The van der Waals surface area contributed by atoms with Gasteiger partial charge in [-0.1, -0.05) is 66.5 Å². The summed E-state index contributed by atoms with van der Waals surface area (Å²) in [6, 6.07) is 10.8. The van der Waals surface area contributed by atoms with Crippen LogP contribution >= 0.6 is 15.9 Å². The molecule has 1 nitrogen and oxygen atoms in total. The molecule has 0 amide bonds. The van der Waals surface area contributed by atoms with Crippen LogP contribution in [0.2, 0.25) is 0 Å². The van der Waals surface area contributed by atoms with Gasteiger partial charge in [0.25, 0.3) is 0 Å². The van der Waals surface area contributed by atoms with Crippen molar-refractivity contribution >= 4 is 15.9 Å². The first kappa shape index (κ1) is 14.7. The maximum atomic E-state index is 3.63. The van der Waals surface area contributed by atoms with Gasteiger partial charge in [0, 0.05) is 18.4 Å². The lowest BCUT2D eigenvalue weighted by Gasteiger charge is -2.25. The summed E-state index contributed by atoms with van der Waals surface area (Å²) in [5.41, 5.74) is 1.42. The van der Waals surface area contributed by atoms with E-state index in [1.165, 1.54) is 24.9 Å². The van der Waals surface area contributed by atoms with E-state index < -0.39 is 0 Å². The second-order valence-corrected chi connectivity index (χ2v) is 5.27. The number of rotatable bonds is 8. The largest absolute Gasteiger partial charge is 0.299 e. The van der Waals surface area contributed by atoms with Crippen molar-refractivity contribution in [1.29, 1.82) is 0 Å². The molecule has 0 saturated heterocycles. The molecule has 2 heteroatoms. The smallest absolute Gasteiger partial charge is 0.0233 e. The molecule has 0 N–H and O–H groups in total. The summed E-state index contributed by atoms with van der Waals surface area (Å²) in [5, 5.41) is 1.12. The number of nitrogens with zero attached hydrogens (tertiary/aromatic N) is 1. The van der Waals surface area contributed by atoms with Crippen molar-refractivity contribution in [2.75, 3.05) is 18.4 Å². The predicted octanol–water partition coefficient (Wildman–Crippen LogP) is 4.32. The molecule has 0 radical (unpaired) electrons. The van der Waals surface area contributed by atoms with Crippen LogP contribution in [0.1, 0.15) is 32.3 Å². The Balaban J connectivity index is 2.48. The lowest BCUT2D eigenvalue weighted by molar-refractivity contribution is 0.237. The first-order valence-corrected chi connectivity index (χ1v) is 7.74. The van der Waals surface area contributed by atoms with Gasteiger partial charge in [-0.3, -0.25) is 4.90 Å². The van der Waals surface area contributed by atoms with Gasteiger partial charge in [0.15, 0.2) is 0 Å². The Morgan fingerprint density at radius 1 is 1.18 bits per heavy atom. The fraction of sp³-hybridized carbons (Fsp3) is 0.600. The fourth-order valence-electron chi connectivity index (χ4n) is 2.14. The zero-order chi connectivity index (χ0) is 12.5. The maximum absolute atomic E-state index is 3.63. The Morgan fingerprint density at radius 2 is 1.88 bits per heavy atom. The van der Waals surface area contributed by atoms with Crippen molar-refractivity contribution in [3.05, 3.63) is 35.9 Å². The SMILES string of the molecule is CCCC(CBr)CN(CC)Cc1ccccc1. The Morgan fingerprint density at radius 3 is 2.41 bits per heavy atom. The summed E-state index contributed by atoms with van der Waals surface area (Å²) < 4.78 is 0. The fourth-order valence-corrected chi connectivity index (χ4v) is 2.67. The third-order valence-corrected chi connectivity index (χ3v) is 4.04. The summed E-state index contributed by atoms with van der Waals surface area (Å²) in [7, 11) is 0. The minimum Gasteiger partial charge on any atom is -0.299 e. The summed E-state index contributed by atoms with van der Waals surface area (Å²) in [5.74, 6) is 0.781. The van der Waals surface area contributed by atoms with Crippen LogP contribution in [0, 0.1) is 5.92 Å². The summed E-state index contributed by atoms with van der Waals surface area (Å²) in [4.78, 5) is 2.54. The van der Waals surface area contributed by atoms with Crippen LogP contribution in [0.25, 0.3) is 0 Å². The molecule has 0 bridgehead atoms. The van der Waals surface area contributed by atoms with Gasteiger partial charge in [-0.05, 0) is 24.4 Å². The Bertz CT molecular complexity index is 286. The minimum atomic E-state index is 0.781. The van der Waals surface area contributed by atoms with Crippen LogP contribution in [0.15, 0.2) is 30.3 Å². The van der Waals surface area contributed by atoms with Gasteiger partial charge in [0.1, 0.15) is 0 Å². The predicted molar refractivity (Wildman–Crippen MR) is 79.6 cm³/mol. The number of halogens is 1. The third kappa shape index (κ3) is 5.69. The summed E-state index contributed by atoms with van der Waals surface area (Å²) in [6.07, 6.45) is 2.59. The number of benzene rings is 1. The van der Waals surface area contributed by atoms with E-state index in [2.05, 4.69) is 65.0 Å². The van der Waals surface area contributed by atoms with E-state index in [4.69, 9.17) is 0 Å². The van der Waals surface area contributed by atoms with Crippen molar-refractivity contribution in [3.8, 4) is 0 Å². The van der Waals surface area contributed by atoms with Gasteiger partial charge < -0.3 is 0 Å². The van der Waals surface area contributed by atoms with Gasteiger partial charge in [0.2, 0.25) is 0 Å². The molecule has 96 valence electrons. The Hall–Kier alpha value is -0.340. The van der Waals surface area contributed by atoms with Crippen molar-refractivity contribution < 1.29 is 0 Å². The van der Waals surface area contributed by atoms with Crippen molar-refractivity contribution in [1.82, 2.24) is 4.90 Å². The van der Waals surface area contributed by atoms with E-state index in [1.807, 2.05) is 0 Å². The molecule has 1 rings (SSSR count). The highest BCUT2D eigenvalue weighted by Gasteiger charge is 2.11. The molecule has 1 unspecified atom stereocenters. The zero-order valence-electron chi connectivity index (χ0n) is 11.0. The highest BCUT2D eigenvalue weighted by molar-refractivity contribution is 9.09. The van der Waals surface area contributed by atoms with E-state index in [-0.39, 0.29) is 0 Å². The molecule has 0 fully saturated rings. The molecule has 1 aromatic carbocycles. The zero-order valence-corrected chi connectivity index (χ0v) is 12.6. The molecule has 0 saturated carbocycles. The number of hydrogen-bond donors (Lipinski definition) is 0. The van der Waals surface area contributed by atoms with Crippen LogP contribution in [0.4, 0.5) is 0 Å².